The molecule has 5 aliphatic rings. The zero-order valence-corrected chi connectivity index (χ0v) is 20.5. The number of carbonyl (C=O) groups excluding carboxylic acids is 2. The van der Waals surface area contributed by atoms with Crippen molar-refractivity contribution in [3.63, 3.8) is 0 Å². The van der Waals surface area contributed by atoms with E-state index in [1.165, 1.54) is 41.8 Å². The fourth-order valence-electron chi connectivity index (χ4n) is 7.07. The smallest absolute Gasteiger partial charge is 0.338 e. The van der Waals surface area contributed by atoms with Crippen LogP contribution in [0.2, 0.25) is 5.02 Å². The molecule has 1 saturated heterocycles. The van der Waals surface area contributed by atoms with Crippen LogP contribution in [0.5, 0.6) is 0 Å². The normalized spacial score (nSPS) is 31.8. The molecule has 1 aliphatic heterocycles. The zero-order valence-electron chi connectivity index (χ0n) is 18.9. The van der Waals surface area contributed by atoms with Gasteiger partial charge in [0.15, 0.2) is 12.4 Å². The van der Waals surface area contributed by atoms with E-state index >= 15 is 0 Å². The number of esters is 1. The van der Waals surface area contributed by atoms with Gasteiger partial charge in [-0.15, -0.1) is 0 Å². The van der Waals surface area contributed by atoms with Crippen molar-refractivity contribution in [3.05, 3.63) is 28.8 Å². The van der Waals surface area contributed by atoms with Gasteiger partial charge in [-0.05, 0) is 87.3 Å². The van der Waals surface area contributed by atoms with Crippen molar-refractivity contribution in [1.29, 1.82) is 0 Å². The van der Waals surface area contributed by atoms with Crippen molar-refractivity contribution in [2.45, 2.75) is 69.1 Å². The summed E-state index contributed by atoms with van der Waals surface area (Å²) in [7, 11) is -3.81. The van der Waals surface area contributed by atoms with Crippen LogP contribution < -0.4 is 0 Å². The molecule has 4 aliphatic carbocycles. The van der Waals surface area contributed by atoms with E-state index in [-0.39, 0.29) is 33.3 Å². The van der Waals surface area contributed by atoms with E-state index in [0.717, 1.165) is 44.9 Å². The van der Waals surface area contributed by atoms with Gasteiger partial charge in [0.05, 0.1) is 10.6 Å². The first-order chi connectivity index (χ1) is 15.8. The van der Waals surface area contributed by atoms with Crippen molar-refractivity contribution in [1.82, 2.24) is 4.31 Å². The van der Waals surface area contributed by atoms with Gasteiger partial charge in [0.2, 0.25) is 10.0 Å². The number of sulfonamides is 1. The Morgan fingerprint density at radius 3 is 2.12 bits per heavy atom. The van der Waals surface area contributed by atoms with E-state index in [1.54, 1.807) is 0 Å². The van der Waals surface area contributed by atoms with Gasteiger partial charge >= 0.3 is 5.97 Å². The molecule has 1 aromatic carbocycles. The lowest BCUT2D eigenvalue weighted by Crippen LogP contribution is -2.51. The van der Waals surface area contributed by atoms with Crippen LogP contribution in [0.25, 0.3) is 0 Å². The van der Waals surface area contributed by atoms with Crippen LogP contribution in [0.1, 0.15) is 74.6 Å². The highest BCUT2D eigenvalue weighted by atomic mass is 35.5. The number of nitrogens with zero attached hydrogens (tertiary/aromatic N) is 1. The predicted octanol–water partition coefficient (Wildman–Crippen LogP) is 4.85. The van der Waals surface area contributed by atoms with Crippen LogP contribution >= 0.6 is 11.6 Å². The summed E-state index contributed by atoms with van der Waals surface area (Å²) >= 11 is 6.24. The molecule has 4 saturated carbocycles. The van der Waals surface area contributed by atoms with Crippen LogP contribution in [-0.4, -0.2) is 44.2 Å². The molecule has 33 heavy (non-hydrogen) atoms. The lowest BCUT2D eigenvalue weighted by molar-refractivity contribution is -0.147. The second-order valence-electron chi connectivity index (χ2n) is 10.7. The Bertz CT molecular complexity index is 1010. The summed E-state index contributed by atoms with van der Waals surface area (Å²) in [5.74, 6) is 1.26. The van der Waals surface area contributed by atoms with Crippen LogP contribution in [0.4, 0.5) is 0 Å². The molecule has 8 heteroatoms. The standard InChI is InChI=1S/C25H32ClNO5S/c26-21-6-5-20(12-22(21)33(30,31)27-7-3-1-2-4-8-27)24(29)32-16-23(28)25-13-17-9-18(14-25)11-19(10-17)15-25/h5-6,12,17-19H,1-4,7-11,13-16H2. The highest BCUT2D eigenvalue weighted by Gasteiger charge is 2.54. The summed E-state index contributed by atoms with van der Waals surface area (Å²) in [5.41, 5.74) is -0.220. The third kappa shape index (κ3) is 4.48. The molecule has 0 aromatic heterocycles. The van der Waals surface area contributed by atoms with Gasteiger partial charge in [-0.25, -0.2) is 13.2 Å². The number of rotatable bonds is 6. The molecule has 0 N–H and O–H groups in total. The van der Waals surface area contributed by atoms with Crippen molar-refractivity contribution in [2.75, 3.05) is 19.7 Å². The first-order valence-electron chi connectivity index (χ1n) is 12.3. The number of benzene rings is 1. The summed E-state index contributed by atoms with van der Waals surface area (Å²) in [6, 6.07) is 4.17. The van der Waals surface area contributed by atoms with E-state index in [2.05, 4.69) is 0 Å². The Morgan fingerprint density at radius 2 is 1.55 bits per heavy atom. The lowest BCUT2D eigenvalue weighted by Gasteiger charge is -2.55. The van der Waals surface area contributed by atoms with Crippen LogP contribution in [0, 0.1) is 23.2 Å². The first-order valence-corrected chi connectivity index (χ1v) is 14.1. The maximum Gasteiger partial charge on any atom is 0.338 e. The molecule has 180 valence electrons. The molecule has 5 fully saturated rings. The minimum Gasteiger partial charge on any atom is -0.454 e. The largest absolute Gasteiger partial charge is 0.454 e. The Hall–Kier alpha value is -1.44. The van der Waals surface area contributed by atoms with Crippen molar-refractivity contribution in [3.8, 4) is 0 Å². The van der Waals surface area contributed by atoms with Crippen molar-refractivity contribution in [2.24, 2.45) is 23.2 Å². The molecular formula is C25H32ClNO5S. The molecule has 6 rings (SSSR count). The van der Waals surface area contributed by atoms with E-state index < -0.39 is 16.0 Å². The number of Topliss-reactive ketones (excluding diaryl/α,β-unsaturated/α-hetero) is 1. The van der Waals surface area contributed by atoms with Gasteiger partial charge in [-0.2, -0.15) is 4.31 Å². The van der Waals surface area contributed by atoms with E-state index in [4.69, 9.17) is 16.3 Å². The number of halogens is 1. The van der Waals surface area contributed by atoms with Gasteiger partial charge in [-0.1, -0.05) is 24.4 Å². The molecule has 0 atom stereocenters. The first kappa shape index (κ1) is 23.3. The number of ketones is 1. The summed E-state index contributed by atoms with van der Waals surface area (Å²) in [6.07, 6.45) is 10.1. The lowest BCUT2D eigenvalue weighted by atomic mass is 9.48. The molecular weight excluding hydrogens is 462 g/mol. The zero-order chi connectivity index (χ0) is 23.2. The summed E-state index contributed by atoms with van der Waals surface area (Å²) in [4.78, 5) is 25.8. The fourth-order valence-corrected chi connectivity index (χ4v) is 9.09. The third-order valence-corrected chi connectivity index (χ3v) is 10.7. The fraction of sp³-hybridized carbons (Fsp3) is 0.680. The Kier molecular flexibility index (Phi) is 6.34. The van der Waals surface area contributed by atoms with Crippen LogP contribution in [-0.2, 0) is 19.6 Å². The molecule has 1 aromatic rings. The Balaban J connectivity index is 1.28. The summed E-state index contributed by atoms with van der Waals surface area (Å²) in [5, 5.41) is 0.0837. The highest BCUT2D eigenvalue weighted by Crippen LogP contribution is 2.60. The van der Waals surface area contributed by atoms with E-state index in [1.807, 2.05) is 0 Å². The molecule has 0 unspecified atom stereocenters. The summed E-state index contributed by atoms with van der Waals surface area (Å²) < 4.78 is 33.3. The molecule has 4 bridgehead atoms. The molecule has 0 radical (unpaired) electrons. The van der Waals surface area contributed by atoms with Gasteiger partial charge in [0, 0.05) is 18.5 Å². The molecule has 0 amide bonds. The number of hydrogen-bond acceptors (Lipinski definition) is 5. The van der Waals surface area contributed by atoms with E-state index in [9.17, 15) is 18.0 Å². The minimum absolute atomic E-state index is 0.0290. The molecule has 6 nitrogen and oxygen atoms in total. The average Bonchev–Trinajstić information content (AvgIpc) is 3.07. The monoisotopic (exact) mass is 493 g/mol. The van der Waals surface area contributed by atoms with Gasteiger partial charge in [0.1, 0.15) is 4.90 Å². The summed E-state index contributed by atoms with van der Waals surface area (Å²) in [6.45, 7) is 0.654. The number of carbonyl (C=O) groups is 2. The second kappa shape index (κ2) is 8.97. The maximum absolute atomic E-state index is 13.2. The maximum atomic E-state index is 13.2. The second-order valence-corrected chi connectivity index (χ2v) is 13.0. The van der Waals surface area contributed by atoms with Gasteiger partial charge in [0.25, 0.3) is 0 Å². The van der Waals surface area contributed by atoms with Crippen LogP contribution in [0.15, 0.2) is 23.1 Å². The molecule has 0 spiro atoms. The van der Waals surface area contributed by atoms with Crippen molar-refractivity contribution >= 4 is 33.4 Å². The number of hydrogen-bond donors (Lipinski definition) is 0. The number of ether oxygens (including phenoxy) is 1. The van der Waals surface area contributed by atoms with Crippen LogP contribution in [0.3, 0.4) is 0 Å². The quantitative estimate of drug-likeness (QED) is 0.529. The topological polar surface area (TPSA) is 80.8 Å². The van der Waals surface area contributed by atoms with Gasteiger partial charge < -0.3 is 4.74 Å². The van der Waals surface area contributed by atoms with Crippen molar-refractivity contribution < 1.29 is 22.7 Å². The third-order valence-electron chi connectivity index (χ3n) is 8.31. The Labute approximate surface area is 201 Å². The van der Waals surface area contributed by atoms with Gasteiger partial charge in [-0.3, -0.25) is 4.79 Å². The predicted molar refractivity (Wildman–Crippen MR) is 125 cm³/mol. The average molecular weight is 494 g/mol. The minimum atomic E-state index is -3.81. The van der Waals surface area contributed by atoms with E-state index in [0.29, 0.717) is 30.8 Å². The Morgan fingerprint density at radius 1 is 0.970 bits per heavy atom. The highest BCUT2D eigenvalue weighted by molar-refractivity contribution is 7.89. The SMILES string of the molecule is O=C(OCC(=O)C12CC3CC(CC(C3)C1)C2)c1ccc(Cl)c(S(=O)(=O)N2CCCCCC2)c1. The molecule has 1 heterocycles.